The molecule has 9 heteroatoms. The molecule has 0 aliphatic rings. The van der Waals surface area contributed by atoms with E-state index in [1.165, 1.54) is 0 Å². The molecule has 36 heavy (non-hydrogen) atoms. The lowest BCUT2D eigenvalue weighted by Crippen LogP contribution is -2.23. The van der Waals surface area contributed by atoms with Gasteiger partial charge in [-0.25, -0.2) is 4.57 Å². The van der Waals surface area contributed by atoms with Gasteiger partial charge in [-0.05, 0) is 51.4 Å². The third-order valence-corrected chi connectivity index (χ3v) is 5.63. The van der Waals surface area contributed by atoms with Crippen LogP contribution in [0.4, 0.5) is 0 Å². The molecule has 0 saturated carbocycles. The van der Waals surface area contributed by atoms with Gasteiger partial charge in [-0.15, -0.1) is 0 Å². The molecule has 4 N–H and O–H groups in total. The molecule has 1 unspecified atom stereocenters. The highest BCUT2D eigenvalue weighted by molar-refractivity contribution is 7.47. The zero-order chi connectivity index (χ0) is 26.7. The first-order chi connectivity index (χ1) is 17.4. The lowest BCUT2D eigenvalue weighted by Gasteiger charge is -2.15. The number of phosphoric acid groups is 1. The average Bonchev–Trinajstić information content (AvgIpc) is 2.86. The fraction of sp³-hybridized carbons (Fsp3) is 0.593. The first-order valence-corrected chi connectivity index (χ1v) is 14.3. The number of ether oxygens (including phenoxy) is 1. The molecular weight excluding hydrogens is 481 g/mol. The molecule has 0 aliphatic heterocycles. The Kier molecular flexibility index (Phi) is 23.6. The molecule has 0 saturated heterocycles. The summed E-state index contributed by atoms with van der Waals surface area (Å²) in [6, 6.07) is 0. The second kappa shape index (κ2) is 24.9. The fourth-order valence-corrected chi connectivity index (χ4v) is 3.54. The molecule has 0 fully saturated rings. The minimum absolute atomic E-state index is 0.0659. The Hall–Kier alpha value is -1.80. The van der Waals surface area contributed by atoms with Gasteiger partial charge in [0.05, 0.1) is 13.2 Å². The van der Waals surface area contributed by atoms with E-state index >= 15 is 0 Å². The van der Waals surface area contributed by atoms with Crippen molar-refractivity contribution in [1.82, 2.24) is 0 Å². The van der Waals surface area contributed by atoms with E-state index in [2.05, 4.69) is 76.7 Å². The zero-order valence-electron chi connectivity index (χ0n) is 21.7. The van der Waals surface area contributed by atoms with Crippen LogP contribution in [-0.4, -0.2) is 48.4 Å². The van der Waals surface area contributed by atoms with Gasteiger partial charge in [0.1, 0.15) is 12.7 Å². The van der Waals surface area contributed by atoms with Gasteiger partial charge in [-0.2, -0.15) is 0 Å². The van der Waals surface area contributed by atoms with E-state index in [4.69, 9.17) is 10.5 Å². The Labute approximate surface area is 217 Å². The number of allylic oxidation sites excluding steroid dienone is 10. The number of carbonyl (C=O) groups excluding carboxylic acids is 1. The predicted octanol–water partition coefficient (Wildman–Crippen LogP) is 5.68. The Morgan fingerprint density at radius 1 is 0.833 bits per heavy atom. The van der Waals surface area contributed by atoms with Gasteiger partial charge in [-0.1, -0.05) is 74.1 Å². The van der Waals surface area contributed by atoms with Crippen LogP contribution in [0.5, 0.6) is 0 Å². The normalized spacial score (nSPS) is 15.1. The summed E-state index contributed by atoms with van der Waals surface area (Å²) in [5, 5.41) is 9.69. The van der Waals surface area contributed by atoms with Crippen molar-refractivity contribution in [2.45, 2.75) is 77.2 Å². The number of hydrogen-bond donors (Lipinski definition) is 3. The van der Waals surface area contributed by atoms with Crippen LogP contribution in [0.1, 0.15) is 71.1 Å². The minimum atomic E-state index is -4.26. The summed E-state index contributed by atoms with van der Waals surface area (Å²) in [4.78, 5) is 21.0. The number of aliphatic hydroxyl groups excluding tert-OH is 1. The van der Waals surface area contributed by atoms with Crippen molar-refractivity contribution in [2.75, 3.05) is 26.4 Å². The van der Waals surface area contributed by atoms with E-state index in [0.717, 1.165) is 51.4 Å². The van der Waals surface area contributed by atoms with Crippen molar-refractivity contribution in [3.05, 3.63) is 60.8 Å². The van der Waals surface area contributed by atoms with Crippen LogP contribution >= 0.6 is 7.82 Å². The number of unbranched alkanes of at least 4 members (excludes halogenated alkanes) is 3. The Morgan fingerprint density at radius 3 is 1.94 bits per heavy atom. The molecular formula is C27H46NO7P. The fourth-order valence-electron chi connectivity index (χ4n) is 2.77. The van der Waals surface area contributed by atoms with Gasteiger partial charge in [-0.3, -0.25) is 13.8 Å². The molecule has 0 aromatic carbocycles. The van der Waals surface area contributed by atoms with Crippen molar-refractivity contribution in [3.63, 3.8) is 0 Å². The van der Waals surface area contributed by atoms with Crippen LogP contribution in [0.15, 0.2) is 60.8 Å². The predicted molar refractivity (Wildman–Crippen MR) is 145 cm³/mol. The molecule has 0 bridgehead atoms. The van der Waals surface area contributed by atoms with Crippen LogP contribution in [0, 0.1) is 0 Å². The number of phosphoric ester groups is 1. The highest BCUT2D eigenvalue weighted by atomic mass is 31.2. The largest absolute Gasteiger partial charge is 0.472 e. The van der Waals surface area contributed by atoms with Crippen molar-refractivity contribution in [3.8, 4) is 0 Å². The Morgan fingerprint density at radius 2 is 1.39 bits per heavy atom. The van der Waals surface area contributed by atoms with Crippen LogP contribution in [0.25, 0.3) is 0 Å². The third-order valence-electron chi connectivity index (χ3n) is 4.65. The van der Waals surface area contributed by atoms with Crippen molar-refractivity contribution in [2.24, 2.45) is 5.73 Å². The Balaban J connectivity index is 3.63. The van der Waals surface area contributed by atoms with Crippen LogP contribution in [0.2, 0.25) is 0 Å². The molecule has 0 spiro atoms. The van der Waals surface area contributed by atoms with E-state index in [9.17, 15) is 19.4 Å². The van der Waals surface area contributed by atoms with Gasteiger partial charge in [0.25, 0.3) is 0 Å². The summed E-state index contributed by atoms with van der Waals surface area (Å²) < 4.78 is 25.5. The lowest BCUT2D eigenvalue weighted by molar-refractivity contribution is -0.147. The summed E-state index contributed by atoms with van der Waals surface area (Å²) in [7, 11) is -4.26. The average molecular weight is 528 g/mol. The second-order valence-corrected chi connectivity index (χ2v) is 9.48. The van der Waals surface area contributed by atoms with Crippen molar-refractivity contribution < 1.29 is 33.1 Å². The first kappa shape index (κ1) is 34.2. The molecule has 0 aromatic rings. The molecule has 0 amide bonds. The molecule has 0 rings (SSSR count). The van der Waals surface area contributed by atoms with E-state index in [-0.39, 0.29) is 26.2 Å². The lowest BCUT2D eigenvalue weighted by atomic mass is 10.1. The smallest absolute Gasteiger partial charge is 0.463 e. The molecule has 0 radical (unpaired) electrons. The maximum absolute atomic E-state index is 11.7. The van der Waals surface area contributed by atoms with Gasteiger partial charge >= 0.3 is 13.8 Å². The standard InChI is InChI=1S/C27H46NO7P/c1-2-3-4-5-6-7-8-9-10-11-12-13-14-15-16-17-18-19-20-21-27(30)33-24-26(29)25-35-36(31,32)34-23-22-28/h3-4,6-7,9-10,12-13,15-16,26,29H,2,5,8,11,14,17-25,28H2,1H3,(H,31,32)/t26-/m1/s1. The topological polar surface area (TPSA) is 128 Å². The van der Waals surface area contributed by atoms with E-state index < -0.39 is 26.5 Å². The van der Waals surface area contributed by atoms with E-state index in [1.54, 1.807) is 0 Å². The summed E-state index contributed by atoms with van der Waals surface area (Å²) in [5.41, 5.74) is 5.17. The number of aliphatic hydroxyl groups is 1. The van der Waals surface area contributed by atoms with Crippen LogP contribution in [-0.2, 0) is 23.1 Å². The molecule has 206 valence electrons. The van der Waals surface area contributed by atoms with Gasteiger partial charge < -0.3 is 20.5 Å². The SMILES string of the molecule is CCC=CCC=CCC=CCC=CCC=CCCCCCC(=O)OC[C@@H](O)COP(=O)(O)OCCN. The van der Waals surface area contributed by atoms with Gasteiger partial charge in [0, 0.05) is 13.0 Å². The van der Waals surface area contributed by atoms with Crippen molar-refractivity contribution >= 4 is 13.8 Å². The first-order valence-electron chi connectivity index (χ1n) is 12.8. The highest BCUT2D eigenvalue weighted by Gasteiger charge is 2.22. The van der Waals surface area contributed by atoms with Gasteiger partial charge in [0.2, 0.25) is 0 Å². The summed E-state index contributed by atoms with van der Waals surface area (Å²) in [5.74, 6) is -0.421. The summed E-state index contributed by atoms with van der Waals surface area (Å²) >= 11 is 0. The Bertz CT molecular complexity index is 732. The van der Waals surface area contributed by atoms with E-state index in [1.807, 2.05) is 0 Å². The number of carbonyl (C=O) groups is 1. The number of rotatable bonds is 23. The van der Waals surface area contributed by atoms with Crippen molar-refractivity contribution in [1.29, 1.82) is 0 Å². The van der Waals surface area contributed by atoms with Gasteiger partial charge in [0.15, 0.2) is 0 Å². The second-order valence-electron chi connectivity index (χ2n) is 8.03. The van der Waals surface area contributed by atoms with E-state index in [0.29, 0.717) is 6.42 Å². The summed E-state index contributed by atoms with van der Waals surface area (Å²) in [6.07, 6.45) is 29.3. The number of hydrogen-bond acceptors (Lipinski definition) is 7. The molecule has 8 nitrogen and oxygen atoms in total. The number of nitrogens with two attached hydrogens (primary N) is 1. The number of esters is 1. The van der Waals surface area contributed by atoms with Crippen LogP contribution in [0.3, 0.4) is 0 Å². The maximum atomic E-state index is 11.7. The summed E-state index contributed by atoms with van der Waals surface area (Å²) in [6.45, 7) is 1.27. The molecule has 2 atom stereocenters. The minimum Gasteiger partial charge on any atom is -0.463 e. The highest BCUT2D eigenvalue weighted by Crippen LogP contribution is 2.42. The molecule has 0 heterocycles. The third kappa shape index (κ3) is 25.3. The van der Waals surface area contributed by atoms with Crippen LogP contribution < -0.4 is 5.73 Å². The quantitative estimate of drug-likeness (QED) is 0.0670. The zero-order valence-corrected chi connectivity index (χ0v) is 22.6. The maximum Gasteiger partial charge on any atom is 0.472 e. The molecule has 0 aliphatic carbocycles. The molecule has 0 aromatic heterocycles. The monoisotopic (exact) mass is 527 g/mol.